The first-order valence-electron chi connectivity index (χ1n) is 5.50. The number of methoxy groups -OCH3 is 1. The van der Waals surface area contributed by atoms with E-state index in [0.29, 0.717) is 0 Å². The fraction of sp³-hybridized carbons (Fsp3) is 0.0769. The molecule has 20 heavy (non-hydrogen) atoms. The van der Waals surface area contributed by atoms with Gasteiger partial charge in [0.25, 0.3) is 5.69 Å². The van der Waals surface area contributed by atoms with E-state index >= 15 is 0 Å². The third-order valence-electron chi connectivity index (χ3n) is 2.54. The summed E-state index contributed by atoms with van der Waals surface area (Å²) in [5.41, 5.74) is -0.0967. The number of benzene rings is 1. The number of non-ortho nitro benzene ring substituents is 1. The van der Waals surface area contributed by atoms with E-state index in [-0.39, 0.29) is 22.8 Å². The van der Waals surface area contributed by atoms with Gasteiger partial charge < -0.3 is 9.15 Å². The zero-order valence-electron chi connectivity index (χ0n) is 10.4. The maximum Gasteiger partial charge on any atom is 0.373 e. The molecule has 102 valence electrons. The second-order valence-corrected chi connectivity index (χ2v) is 3.79. The van der Waals surface area contributed by atoms with Crippen LogP contribution >= 0.6 is 0 Å². The summed E-state index contributed by atoms with van der Waals surface area (Å²) in [6.45, 7) is 0. The van der Waals surface area contributed by atoms with Crippen molar-refractivity contribution in [2.24, 2.45) is 0 Å². The number of nitro groups is 1. The molecule has 0 amide bonds. The van der Waals surface area contributed by atoms with Crippen LogP contribution < -0.4 is 0 Å². The first-order chi connectivity index (χ1) is 9.52. The minimum atomic E-state index is -0.705. The smallest absolute Gasteiger partial charge is 0.373 e. The lowest BCUT2D eigenvalue weighted by Gasteiger charge is -1.98. The minimum Gasteiger partial charge on any atom is -0.463 e. The molecule has 0 atom stereocenters. The van der Waals surface area contributed by atoms with Crippen LogP contribution in [0.15, 0.2) is 40.8 Å². The predicted octanol–water partition coefficient (Wildman–Crippen LogP) is 2.21. The summed E-state index contributed by atoms with van der Waals surface area (Å²) in [5, 5.41) is 10.7. The lowest BCUT2D eigenvalue weighted by molar-refractivity contribution is -0.384. The third-order valence-corrected chi connectivity index (χ3v) is 2.54. The van der Waals surface area contributed by atoms with Gasteiger partial charge in [0, 0.05) is 17.7 Å². The van der Waals surface area contributed by atoms with Gasteiger partial charge in [-0.25, -0.2) is 4.79 Å². The molecule has 0 N–H and O–H groups in total. The lowest BCUT2D eigenvalue weighted by atomic mass is 10.1. The van der Waals surface area contributed by atoms with Gasteiger partial charge in [-0.1, -0.05) is 12.1 Å². The number of nitrogens with zero attached hydrogens (tertiary/aromatic N) is 1. The molecule has 1 aromatic carbocycles. The first-order valence-corrected chi connectivity index (χ1v) is 5.50. The molecule has 0 saturated carbocycles. The van der Waals surface area contributed by atoms with Crippen LogP contribution in [0.5, 0.6) is 0 Å². The number of esters is 1. The van der Waals surface area contributed by atoms with Crippen molar-refractivity contribution in [2.45, 2.75) is 0 Å². The highest BCUT2D eigenvalue weighted by Crippen LogP contribution is 2.18. The maximum absolute atomic E-state index is 12.1. The average Bonchev–Trinajstić information content (AvgIpc) is 2.95. The van der Waals surface area contributed by atoms with Crippen molar-refractivity contribution in [3.63, 3.8) is 0 Å². The second kappa shape index (κ2) is 5.35. The topological polar surface area (TPSA) is 99.7 Å². The molecule has 0 fully saturated rings. The van der Waals surface area contributed by atoms with Crippen molar-refractivity contribution in [1.82, 2.24) is 0 Å². The van der Waals surface area contributed by atoms with E-state index in [1.54, 1.807) is 0 Å². The number of hydrogen-bond donors (Lipinski definition) is 0. The largest absolute Gasteiger partial charge is 0.463 e. The van der Waals surface area contributed by atoms with Gasteiger partial charge in [-0.05, 0) is 12.1 Å². The van der Waals surface area contributed by atoms with E-state index in [2.05, 4.69) is 4.74 Å². The fourth-order valence-corrected chi connectivity index (χ4v) is 1.57. The molecule has 1 aromatic heterocycles. The summed E-state index contributed by atoms with van der Waals surface area (Å²) in [6.07, 6.45) is 0. The zero-order chi connectivity index (χ0) is 14.7. The van der Waals surface area contributed by atoms with E-state index < -0.39 is 16.7 Å². The molecule has 2 aromatic rings. The molecule has 0 aliphatic rings. The Morgan fingerprint density at radius 3 is 2.55 bits per heavy atom. The Labute approximate surface area is 112 Å². The Bertz CT molecular complexity index is 688. The summed E-state index contributed by atoms with van der Waals surface area (Å²) >= 11 is 0. The van der Waals surface area contributed by atoms with Crippen LogP contribution in [-0.4, -0.2) is 23.8 Å². The third kappa shape index (κ3) is 2.56. The van der Waals surface area contributed by atoms with Gasteiger partial charge in [0.15, 0.2) is 5.76 Å². The molecule has 0 aliphatic carbocycles. The minimum absolute atomic E-state index is 0.0918. The number of furan rings is 1. The highest BCUT2D eigenvalue weighted by molar-refractivity contribution is 6.07. The number of rotatable bonds is 4. The monoisotopic (exact) mass is 275 g/mol. The van der Waals surface area contributed by atoms with Crippen LogP contribution in [0.25, 0.3) is 0 Å². The van der Waals surface area contributed by atoms with E-state index in [4.69, 9.17) is 4.42 Å². The van der Waals surface area contributed by atoms with Gasteiger partial charge in [-0.3, -0.25) is 14.9 Å². The number of ketones is 1. The number of carbonyl (C=O) groups excluding carboxylic acids is 2. The number of nitro benzene ring substituents is 1. The second-order valence-electron chi connectivity index (χ2n) is 3.79. The number of carbonyl (C=O) groups is 2. The number of ether oxygens (including phenoxy) is 1. The molecular formula is C13H9NO6. The standard InChI is InChI=1S/C13H9NO6/c1-19-13(16)11-6-5-10(20-11)12(15)8-3-2-4-9(7-8)14(17)18/h2-7H,1H3. The van der Waals surface area contributed by atoms with Crippen molar-refractivity contribution >= 4 is 17.4 Å². The molecular weight excluding hydrogens is 266 g/mol. The quantitative estimate of drug-likeness (QED) is 0.367. The van der Waals surface area contributed by atoms with Crippen LogP contribution in [0, 0.1) is 10.1 Å². The van der Waals surface area contributed by atoms with Gasteiger partial charge in [0.1, 0.15) is 0 Å². The van der Waals surface area contributed by atoms with Crippen molar-refractivity contribution in [1.29, 1.82) is 0 Å². The Morgan fingerprint density at radius 2 is 1.90 bits per heavy atom. The molecule has 2 rings (SSSR count). The molecule has 1 heterocycles. The molecule has 7 nitrogen and oxygen atoms in total. The highest BCUT2D eigenvalue weighted by Gasteiger charge is 2.19. The molecule has 0 aliphatic heterocycles. The maximum atomic E-state index is 12.1. The van der Waals surface area contributed by atoms with Gasteiger partial charge in [0.2, 0.25) is 11.5 Å². The van der Waals surface area contributed by atoms with Gasteiger partial charge in [-0.2, -0.15) is 0 Å². The van der Waals surface area contributed by atoms with Crippen LogP contribution in [0.2, 0.25) is 0 Å². The van der Waals surface area contributed by atoms with Crippen molar-refractivity contribution in [3.8, 4) is 0 Å². The molecule has 0 bridgehead atoms. The molecule has 0 saturated heterocycles. The first kappa shape index (κ1) is 13.5. The van der Waals surface area contributed by atoms with E-state index in [0.717, 1.165) is 6.07 Å². The van der Waals surface area contributed by atoms with Crippen molar-refractivity contribution < 1.29 is 23.7 Å². The Kier molecular flexibility index (Phi) is 3.60. The SMILES string of the molecule is COC(=O)c1ccc(C(=O)c2cccc([N+](=O)[O-])c2)o1. The van der Waals surface area contributed by atoms with E-state index in [9.17, 15) is 19.7 Å². The van der Waals surface area contributed by atoms with E-state index in [1.165, 1.54) is 37.4 Å². The Hall–Kier alpha value is -2.96. The normalized spacial score (nSPS) is 10.1. The van der Waals surface area contributed by atoms with Crippen LogP contribution in [-0.2, 0) is 4.74 Å². The average molecular weight is 275 g/mol. The molecule has 0 radical (unpaired) electrons. The highest BCUT2D eigenvalue weighted by atomic mass is 16.6. The number of hydrogen-bond acceptors (Lipinski definition) is 6. The summed E-state index contributed by atoms with van der Waals surface area (Å²) in [6, 6.07) is 7.86. The van der Waals surface area contributed by atoms with Gasteiger partial charge in [0.05, 0.1) is 12.0 Å². The fourth-order valence-electron chi connectivity index (χ4n) is 1.57. The Balaban J connectivity index is 2.31. The van der Waals surface area contributed by atoms with Gasteiger partial charge in [-0.15, -0.1) is 0 Å². The summed E-state index contributed by atoms with van der Waals surface area (Å²) in [7, 11) is 1.19. The van der Waals surface area contributed by atoms with E-state index in [1.807, 2.05) is 0 Å². The lowest BCUT2D eigenvalue weighted by Crippen LogP contribution is -2.02. The van der Waals surface area contributed by atoms with Gasteiger partial charge >= 0.3 is 5.97 Å². The summed E-state index contributed by atoms with van der Waals surface area (Å²) in [4.78, 5) is 33.3. The summed E-state index contributed by atoms with van der Waals surface area (Å²) < 4.78 is 9.51. The van der Waals surface area contributed by atoms with Crippen LogP contribution in [0.4, 0.5) is 5.69 Å². The predicted molar refractivity (Wildman–Crippen MR) is 66.6 cm³/mol. The molecule has 7 heteroatoms. The molecule has 0 unspecified atom stereocenters. The zero-order valence-corrected chi connectivity index (χ0v) is 10.4. The van der Waals surface area contributed by atoms with Crippen molar-refractivity contribution in [3.05, 3.63) is 63.6 Å². The molecule has 0 spiro atoms. The van der Waals surface area contributed by atoms with Crippen molar-refractivity contribution in [2.75, 3.05) is 7.11 Å². The van der Waals surface area contributed by atoms with Crippen LogP contribution in [0.3, 0.4) is 0 Å². The Morgan fingerprint density at radius 1 is 1.20 bits per heavy atom. The van der Waals surface area contributed by atoms with Crippen LogP contribution in [0.1, 0.15) is 26.7 Å². The summed E-state index contributed by atoms with van der Waals surface area (Å²) in [5.74, 6) is -1.46.